The van der Waals surface area contributed by atoms with E-state index in [2.05, 4.69) is 20.8 Å². The average molecular weight is 575 g/mol. The highest BCUT2D eigenvalue weighted by Gasteiger charge is 2.16. The number of unbranched alkanes of at least 4 members (excludes halogenated alkanes) is 18. The summed E-state index contributed by atoms with van der Waals surface area (Å²) in [7, 11) is 0. The fourth-order valence-corrected chi connectivity index (χ4v) is 4.93. The Bertz CT molecular complexity index is 747. The maximum absolute atomic E-state index is 11.2. The number of ether oxygens (including phenoxy) is 3. The highest BCUT2D eigenvalue weighted by Crippen LogP contribution is 2.40. The lowest BCUT2D eigenvalue weighted by Crippen LogP contribution is -2.07. The number of aliphatic carboxylic acids is 1. The summed E-state index contributed by atoms with van der Waals surface area (Å²) in [5.74, 6) is 0.997. The van der Waals surface area contributed by atoms with Crippen molar-refractivity contribution in [2.24, 2.45) is 0 Å². The molecule has 1 aromatic carbocycles. The summed E-state index contributed by atoms with van der Waals surface area (Å²) in [6, 6.07) is 3.78. The summed E-state index contributed by atoms with van der Waals surface area (Å²) in [4.78, 5) is 11.2. The van der Waals surface area contributed by atoms with Gasteiger partial charge in [-0.05, 0) is 43.0 Å². The van der Waals surface area contributed by atoms with Crippen LogP contribution in [0.15, 0.2) is 18.2 Å². The third kappa shape index (κ3) is 20.4. The first-order valence-corrected chi connectivity index (χ1v) is 17.1. The molecule has 0 heterocycles. The quantitative estimate of drug-likeness (QED) is 0.0761. The number of hydrogen-bond donors (Lipinski definition) is 1. The van der Waals surface area contributed by atoms with Gasteiger partial charge in [0.1, 0.15) is 0 Å². The van der Waals surface area contributed by atoms with Crippen molar-refractivity contribution < 1.29 is 24.1 Å². The Hall–Kier alpha value is -2.17. The zero-order chi connectivity index (χ0) is 29.8. The van der Waals surface area contributed by atoms with Crippen molar-refractivity contribution in [2.45, 2.75) is 156 Å². The molecule has 0 aliphatic carbocycles. The minimum atomic E-state index is -0.972. The molecule has 0 amide bonds. The third-order valence-corrected chi connectivity index (χ3v) is 7.47. The smallest absolute Gasteiger partial charge is 0.328 e. The predicted octanol–water partition coefficient (Wildman–Crippen LogP) is 11.2. The van der Waals surface area contributed by atoms with E-state index in [1.54, 1.807) is 6.08 Å². The molecule has 0 saturated carbocycles. The van der Waals surface area contributed by atoms with Gasteiger partial charge in [0.05, 0.1) is 19.8 Å². The van der Waals surface area contributed by atoms with E-state index < -0.39 is 5.97 Å². The first-order chi connectivity index (χ1) is 20.1. The molecule has 236 valence electrons. The van der Waals surface area contributed by atoms with Gasteiger partial charge in [-0.25, -0.2) is 4.79 Å². The number of hydrogen-bond acceptors (Lipinski definition) is 4. The van der Waals surface area contributed by atoms with Crippen LogP contribution in [0.3, 0.4) is 0 Å². The minimum Gasteiger partial charge on any atom is -0.490 e. The Morgan fingerprint density at radius 1 is 0.561 bits per heavy atom. The third-order valence-electron chi connectivity index (χ3n) is 7.47. The predicted molar refractivity (Wildman–Crippen MR) is 174 cm³/mol. The van der Waals surface area contributed by atoms with Crippen molar-refractivity contribution in [3.8, 4) is 17.2 Å². The second-order valence-corrected chi connectivity index (χ2v) is 11.4. The SMILES string of the molecule is CCCCCCCCCOc1cc(C=CC(=O)O)cc(OCCCCCCCCC)c1OCCCCCCCCC. The van der Waals surface area contributed by atoms with Gasteiger partial charge in [-0.1, -0.05) is 136 Å². The van der Waals surface area contributed by atoms with Gasteiger partial charge in [0, 0.05) is 6.08 Å². The Morgan fingerprint density at radius 2 is 0.902 bits per heavy atom. The van der Waals surface area contributed by atoms with Crippen molar-refractivity contribution in [3.05, 3.63) is 23.8 Å². The number of rotatable bonds is 29. The van der Waals surface area contributed by atoms with E-state index >= 15 is 0 Å². The van der Waals surface area contributed by atoms with E-state index in [9.17, 15) is 9.90 Å². The number of carboxylic acid groups (broad SMARTS) is 1. The molecular formula is C36H62O5. The first-order valence-electron chi connectivity index (χ1n) is 17.1. The molecule has 0 fully saturated rings. The molecule has 1 aromatic rings. The van der Waals surface area contributed by atoms with Crippen LogP contribution in [0.1, 0.15) is 161 Å². The van der Waals surface area contributed by atoms with Crippen molar-refractivity contribution in [2.75, 3.05) is 19.8 Å². The monoisotopic (exact) mass is 574 g/mol. The van der Waals surface area contributed by atoms with Gasteiger partial charge in [0.15, 0.2) is 11.5 Å². The van der Waals surface area contributed by atoms with Crippen LogP contribution in [0.5, 0.6) is 17.2 Å². The standard InChI is InChI=1S/C36H62O5/c1-4-7-10-13-16-19-22-27-39-33-30-32(25-26-35(37)38)31-34(40-28-23-20-17-14-11-8-5-2)36(33)41-29-24-21-18-15-12-9-6-3/h25-26,30-31H,4-24,27-29H2,1-3H3,(H,37,38). The van der Waals surface area contributed by atoms with Gasteiger partial charge in [0.25, 0.3) is 0 Å². The Balaban J connectivity index is 2.85. The van der Waals surface area contributed by atoms with Crippen LogP contribution in [-0.4, -0.2) is 30.9 Å². The highest BCUT2D eigenvalue weighted by atomic mass is 16.5. The van der Waals surface area contributed by atoms with Crippen LogP contribution >= 0.6 is 0 Å². The lowest BCUT2D eigenvalue weighted by Gasteiger charge is -2.18. The Morgan fingerprint density at radius 3 is 1.27 bits per heavy atom. The topological polar surface area (TPSA) is 65.0 Å². The van der Waals surface area contributed by atoms with Gasteiger partial charge in [-0.15, -0.1) is 0 Å². The molecule has 0 aliphatic heterocycles. The van der Waals surface area contributed by atoms with E-state index in [1.807, 2.05) is 12.1 Å². The normalized spacial score (nSPS) is 11.3. The highest BCUT2D eigenvalue weighted by molar-refractivity contribution is 5.85. The van der Waals surface area contributed by atoms with E-state index in [1.165, 1.54) is 96.3 Å². The van der Waals surface area contributed by atoms with Crippen molar-refractivity contribution in [1.29, 1.82) is 0 Å². The largest absolute Gasteiger partial charge is 0.490 e. The van der Waals surface area contributed by atoms with Gasteiger partial charge in [-0.2, -0.15) is 0 Å². The lowest BCUT2D eigenvalue weighted by molar-refractivity contribution is -0.131. The van der Waals surface area contributed by atoms with Crippen LogP contribution in [0.4, 0.5) is 0 Å². The second-order valence-electron chi connectivity index (χ2n) is 11.4. The van der Waals surface area contributed by atoms with Crippen molar-refractivity contribution in [3.63, 3.8) is 0 Å². The zero-order valence-corrected chi connectivity index (χ0v) is 26.9. The molecule has 0 aliphatic rings. The average Bonchev–Trinajstić information content (AvgIpc) is 2.96. The number of benzene rings is 1. The molecule has 0 spiro atoms. The molecule has 0 saturated heterocycles. The van der Waals surface area contributed by atoms with E-state index in [4.69, 9.17) is 14.2 Å². The second kappa shape index (κ2) is 26.7. The molecule has 1 rings (SSSR count). The van der Waals surface area contributed by atoms with Crippen LogP contribution in [0.2, 0.25) is 0 Å². The maximum Gasteiger partial charge on any atom is 0.328 e. The molecule has 1 N–H and O–H groups in total. The molecular weight excluding hydrogens is 512 g/mol. The fourth-order valence-electron chi connectivity index (χ4n) is 4.93. The molecule has 0 bridgehead atoms. The van der Waals surface area contributed by atoms with E-state index in [-0.39, 0.29) is 0 Å². The number of carbonyl (C=O) groups is 1. The summed E-state index contributed by atoms with van der Waals surface area (Å²) in [5, 5.41) is 9.18. The van der Waals surface area contributed by atoms with Crippen LogP contribution in [-0.2, 0) is 4.79 Å². The van der Waals surface area contributed by atoms with Crippen LogP contribution in [0.25, 0.3) is 6.08 Å². The van der Waals surface area contributed by atoms with E-state index in [0.717, 1.165) is 50.2 Å². The molecule has 5 heteroatoms. The summed E-state index contributed by atoms with van der Waals surface area (Å²) in [6.07, 6.45) is 28.5. The van der Waals surface area contributed by atoms with Crippen LogP contribution < -0.4 is 14.2 Å². The van der Waals surface area contributed by atoms with E-state index in [0.29, 0.717) is 37.1 Å². The summed E-state index contributed by atoms with van der Waals surface area (Å²) in [5.41, 5.74) is 0.750. The fraction of sp³-hybridized carbons (Fsp3) is 0.750. The summed E-state index contributed by atoms with van der Waals surface area (Å²) < 4.78 is 18.9. The Kier molecular flexibility index (Phi) is 24.0. The molecule has 5 nitrogen and oxygen atoms in total. The Labute approximate surface area is 252 Å². The van der Waals surface area contributed by atoms with Gasteiger partial charge < -0.3 is 19.3 Å². The van der Waals surface area contributed by atoms with Crippen molar-refractivity contribution >= 4 is 12.0 Å². The molecule has 0 aromatic heterocycles. The molecule has 41 heavy (non-hydrogen) atoms. The lowest BCUT2D eigenvalue weighted by atomic mass is 10.1. The van der Waals surface area contributed by atoms with Gasteiger partial charge in [0.2, 0.25) is 5.75 Å². The summed E-state index contributed by atoms with van der Waals surface area (Å²) in [6.45, 7) is 8.59. The van der Waals surface area contributed by atoms with Crippen LogP contribution in [0, 0.1) is 0 Å². The zero-order valence-electron chi connectivity index (χ0n) is 26.9. The summed E-state index contributed by atoms with van der Waals surface area (Å²) >= 11 is 0. The first kappa shape index (κ1) is 36.9. The number of carboxylic acids is 1. The molecule has 0 unspecified atom stereocenters. The minimum absolute atomic E-state index is 0.616. The van der Waals surface area contributed by atoms with Gasteiger partial charge in [-0.3, -0.25) is 0 Å². The van der Waals surface area contributed by atoms with Gasteiger partial charge >= 0.3 is 5.97 Å². The molecule has 0 atom stereocenters. The maximum atomic E-state index is 11.2. The molecule has 0 radical (unpaired) electrons. The van der Waals surface area contributed by atoms with Crippen molar-refractivity contribution in [1.82, 2.24) is 0 Å².